The van der Waals surface area contributed by atoms with Crippen molar-refractivity contribution in [1.29, 1.82) is 0 Å². The summed E-state index contributed by atoms with van der Waals surface area (Å²) in [7, 11) is -3.76. The van der Waals surface area contributed by atoms with E-state index in [9.17, 15) is 32.2 Å². The van der Waals surface area contributed by atoms with Crippen LogP contribution in [0.2, 0.25) is 0 Å². The maximum atomic E-state index is 13.6. The Morgan fingerprint density at radius 1 is 1.12 bits per heavy atom. The minimum absolute atomic E-state index is 0.0571. The summed E-state index contributed by atoms with van der Waals surface area (Å²) in [4.78, 5) is 11.9. The summed E-state index contributed by atoms with van der Waals surface area (Å²) < 4.78 is 66.8. The molecule has 0 amide bonds. The van der Waals surface area contributed by atoms with E-state index in [1.54, 1.807) is 4.68 Å². The second-order valence-corrected chi connectivity index (χ2v) is 13.4. The maximum absolute atomic E-state index is 13.6. The highest BCUT2D eigenvalue weighted by molar-refractivity contribution is 8.22. The number of alkyl halides is 3. The highest BCUT2D eigenvalue weighted by Gasteiger charge is 2.37. The number of carboxylic acid groups (broad SMARTS) is 1. The molecule has 43 heavy (non-hydrogen) atoms. The number of halogens is 3. The van der Waals surface area contributed by atoms with Crippen LogP contribution in [-0.2, 0) is 30.5 Å². The fourth-order valence-corrected chi connectivity index (χ4v) is 7.83. The van der Waals surface area contributed by atoms with Crippen molar-refractivity contribution in [3.8, 4) is 0 Å². The molecule has 0 saturated carbocycles. The molecular weight excluding hydrogens is 581 g/mol. The average molecular weight is 617 g/mol. The molecule has 4 aromatic rings. The van der Waals surface area contributed by atoms with Crippen molar-refractivity contribution in [2.75, 3.05) is 6.54 Å². The van der Waals surface area contributed by atoms with Gasteiger partial charge in [0.25, 0.3) is 0 Å². The number of aromatic nitrogens is 3. The molecule has 0 radical (unpaired) electrons. The van der Waals surface area contributed by atoms with E-state index >= 15 is 0 Å². The summed E-state index contributed by atoms with van der Waals surface area (Å²) in [6, 6.07) is 12.6. The van der Waals surface area contributed by atoms with Crippen molar-refractivity contribution in [1.82, 2.24) is 19.3 Å². The summed E-state index contributed by atoms with van der Waals surface area (Å²) in [6.07, 6.45) is -4.40. The molecule has 2 heterocycles. The first kappa shape index (κ1) is 31.0. The zero-order valence-electron chi connectivity index (χ0n) is 24.4. The lowest BCUT2D eigenvalue weighted by Crippen LogP contribution is -2.30. The Hall–Kier alpha value is -3.45. The monoisotopic (exact) mass is 616 g/mol. The lowest BCUT2D eigenvalue weighted by atomic mass is 9.84. The van der Waals surface area contributed by atoms with Crippen molar-refractivity contribution in [3.63, 3.8) is 0 Å². The van der Waals surface area contributed by atoms with Crippen LogP contribution >= 0.6 is 10.8 Å². The molecule has 2 unspecified atom stereocenters. The third kappa shape index (κ3) is 6.01. The molecule has 230 valence electrons. The predicted molar refractivity (Wildman–Crippen MR) is 159 cm³/mol. The number of hydrogen-bond donors (Lipinski definition) is 3. The van der Waals surface area contributed by atoms with E-state index in [0.717, 1.165) is 45.5 Å². The van der Waals surface area contributed by atoms with Crippen molar-refractivity contribution >= 4 is 27.8 Å². The Bertz CT molecular complexity index is 1690. The molecule has 0 saturated heterocycles. The number of aryl methyl sites for hydroxylation is 3. The van der Waals surface area contributed by atoms with Crippen LogP contribution in [0.4, 0.5) is 13.2 Å². The van der Waals surface area contributed by atoms with E-state index < -0.39 is 34.4 Å². The topological polar surface area (TPSA) is 112 Å². The molecule has 0 aliphatic carbocycles. The van der Waals surface area contributed by atoms with Gasteiger partial charge in [-0.15, -0.1) is 15.9 Å². The Labute approximate surface area is 249 Å². The van der Waals surface area contributed by atoms with Crippen molar-refractivity contribution < 1.29 is 32.2 Å². The maximum Gasteiger partial charge on any atom is 0.416 e. The largest absolute Gasteiger partial charge is 0.481 e. The number of rotatable bonds is 7. The lowest BCUT2D eigenvalue weighted by molar-refractivity contribution is -0.138. The van der Waals surface area contributed by atoms with Gasteiger partial charge in [-0.2, -0.15) is 17.5 Å². The van der Waals surface area contributed by atoms with Gasteiger partial charge >= 0.3 is 12.1 Å². The standard InChI is InChI=1S/C31H35F3N4O4S/c1-5-38-27-11-10-25(20(4)30(27)35-36-38)26(15-29(39)40)21-7-6-19(3)23(13-21)17-37-16-18(2)12-22-8-9-24(31(32,33)34)14-28(22)43(37,41)42/h6-11,13-14,18,26,41-42H,5,12,15-17H2,1-4H3,(H,39,40). The highest BCUT2D eigenvalue weighted by atomic mass is 32.3. The number of carbonyl (C=O) groups is 1. The molecule has 8 nitrogen and oxygen atoms in total. The molecule has 1 aliphatic heterocycles. The van der Waals surface area contributed by atoms with Crippen LogP contribution in [-0.4, -0.2) is 46.0 Å². The molecular formula is C31H35F3N4O4S. The van der Waals surface area contributed by atoms with Crippen molar-refractivity contribution in [2.24, 2.45) is 5.92 Å². The van der Waals surface area contributed by atoms with Gasteiger partial charge in [-0.25, -0.2) is 4.68 Å². The number of aliphatic carboxylic acids is 1. The molecule has 2 atom stereocenters. The molecule has 12 heteroatoms. The molecule has 1 aliphatic rings. The van der Waals surface area contributed by atoms with Gasteiger partial charge in [0.05, 0.1) is 22.4 Å². The molecule has 3 aromatic carbocycles. The van der Waals surface area contributed by atoms with Gasteiger partial charge in [0, 0.05) is 25.6 Å². The number of nitrogens with zero attached hydrogens (tertiary/aromatic N) is 4. The quantitative estimate of drug-likeness (QED) is 0.198. The first-order chi connectivity index (χ1) is 20.2. The Balaban J connectivity index is 1.55. The molecule has 5 rings (SSSR count). The molecule has 0 spiro atoms. The van der Waals surface area contributed by atoms with Crippen LogP contribution in [0.25, 0.3) is 11.0 Å². The smallest absolute Gasteiger partial charge is 0.416 e. The van der Waals surface area contributed by atoms with Crippen LogP contribution in [0.5, 0.6) is 0 Å². The summed E-state index contributed by atoms with van der Waals surface area (Å²) in [5.41, 5.74) is 5.05. The average Bonchev–Trinajstić information content (AvgIpc) is 3.33. The van der Waals surface area contributed by atoms with Crippen LogP contribution in [0, 0.1) is 19.8 Å². The second kappa shape index (κ2) is 11.6. The van der Waals surface area contributed by atoms with Gasteiger partial charge < -0.3 is 5.11 Å². The highest BCUT2D eigenvalue weighted by Crippen LogP contribution is 2.57. The Morgan fingerprint density at radius 2 is 1.86 bits per heavy atom. The van der Waals surface area contributed by atoms with Gasteiger partial charge in [-0.05, 0) is 84.7 Å². The molecule has 3 N–H and O–H groups in total. The third-order valence-electron chi connectivity index (χ3n) is 8.29. The number of fused-ring (bicyclic) bond motifs is 2. The normalized spacial score (nSPS) is 18.7. The van der Waals surface area contributed by atoms with Gasteiger partial charge in [-0.3, -0.25) is 13.9 Å². The zero-order chi connectivity index (χ0) is 31.3. The van der Waals surface area contributed by atoms with Crippen LogP contribution in [0.1, 0.15) is 65.1 Å². The van der Waals surface area contributed by atoms with E-state index in [4.69, 9.17) is 0 Å². The Morgan fingerprint density at radius 3 is 2.53 bits per heavy atom. The zero-order valence-corrected chi connectivity index (χ0v) is 25.2. The van der Waals surface area contributed by atoms with Gasteiger partial charge in [0.1, 0.15) is 5.52 Å². The summed E-state index contributed by atoms with van der Waals surface area (Å²) >= 11 is 0. The number of hydrogen-bond acceptors (Lipinski definition) is 6. The van der Waals surface area contributed by atoms with Crippen LogP contribution < -0.4 is 0 Å². The van der Waals surface area contributed by atoms with Gasteiger partial charge in [0.2, 0.25) is 0 Å². The van der Waals surface area contributed by atoms with Crippen molar-refractivity contribution in [2.45, 2.75) is 70.6 Å². The van der Waals surface area contributed by atoms with Crippen molar-refractivity contribution in [3.05, 3.63) is 87.5 Å². The van der Waals surface area contributed by atoms with Crippen LogP contribution in [0.15, 0.2) is 53.4 Å². The first-order valence-corrected chi connectivity index (χ1v) is 15.6. The number of carboxylic acids is 1. The fraction of sp³-hybridized carbons (Fsp3) is 0.387. The van der Waals surface area contributed by atoms with Crippen LogP contribution in [0.3, 0.4) is 0 Å². The summed E-state index contributed by atoms with van der Waals surface area (Å²) in [6.45, 7) is 8.62. The first-order valence-electron chi connectivity index (χ1n) is 14.1. The lowest BCUT2D eigenvalue weighted by Gasteiger charge is -2.43. The predicted octanol–water partition coefficient (Wildman–Crippen LogP) is 7.41. The molecule has 1 aromatic heterocycles. The fourth-order valence-electron chi connectivity index (χ4n) is 5.98. The summed E-state index contributed by atoms with van der Waals surface area (Å²) in [5.74, 6) is -1.55. The third-order valence-corrected chi connectivity index (χ3v) is 10.3. The Kier molecular flexibility index (Phi) is 8.34. The molecule has 0 bridgehead atoms. The minimum atomic E-state index is -4.62. The van der Waals surface area contributed by atoms with E-state index in [1.165, 1.54) is 10.4 Å². The van der Waals surface area contributed by atoms with E-state index in [-0.39, 0.29) is 30.3 Å². The van der Waals surface area contributed by atoms with Gasteiger partial charge in [-0.1, -0.05) is 42.5 Å². The van der Waals surface area contributed by atoms with E-state index in [1.807, 2.05) is 58.0 Å². The minimum Gasteiger partial charge on any atom is -0.481 e. The van der Waals surface area contributed by atoms with E-state index in [0.29, 0.717) is 24.0 Å². The molecule has 0 fully saturated rings. The van der Waals surface area contributed by atoms with E-state index in [2.05, 4.69) is 10.3 Å². The number of benzene rings is 3. The van der Waals surface area contributed by atoms with Gasteiger partial charge in [0.15, 0.2) is 0 Å². The second-order valence-electron chi connectivity index (χ2n) is 11.4. The summed E-state index contributed by atoms with van der Waals surface area (Å²) in [5, 5.41) is 18.4. The SMILES string of the molecule is CCn1nnc2c(C)c(C(CC(=O)O)c3ccc(C)c(CN4CC(C)Cc5ccc(C(F)(F)F)cc5S4(O)O)c3)ccc21.